The molecule has 1 aromatic rings. The van der Waals surface area contributed by atoms with Gasteiger partial charge in [-0.25, -0.2) is 0 Å². The predicted octanol–water partition coefficient (Wildman–Crippen LogP) is 2.86. The smallest absolute Gasteiger partial charge is 0.375 e. The van der Waals surface area contributed by atoms with Crippen LogP contribution in [0.4, 0.5) is 13.2 Å². The number of alkyl halides is 3. The van der Waals surface area contributed by atoms with Gasteiger partial charge in [-0.05, 0) is 12.5 Å². The Bertz CT molecular complexity index is 632. The molecule has 1 aliphatic heterocycles. The topological polar surface area (TPSA) is 61.8 Å². The van der Waals surface area contributed by atoms with Crippen molar-refractivity contribution in [3.05, 3.63) is 35.9 Å². The summed E-state index contributed by atoms with van der Waals surface area (Å²) in [5.41, 5.74) is -4.66. The SMILES string of the molecule is C[C@H]1[C@H](OCc2ccccc2)[C@H](OS(=O)(=O)C(F)(F)F)CO[C@H]1C. The van der Waals surface area contributed by atoms with Gasteiger partial charge in [0.25, 0.3) is 0 Å². The summed E-state index contributed by atoms with van der Waals surface area (Å²) in [6.45, 7) is 3.31. The van der Waals surface area contributed by atoms with Gasteiger partial charge < -0.3 is 9.47 Å². The summed E-state index contributed by atoms with van der Waals surface area (Å²) in [4.78, 5) is 0. The molecule has 5 nitrogen and oxygen atoms in total. The van der Waals surface area contributed by atoms with Gasteiger partial charge in [-0.15, -0.1) is 0 Å². The molecule has 0 bridgehead atoms. The molecule has 0 N–H and O–H groups in total. The van der Waals surface area contributed by atoms with Crippen LogP contribution in [-0.4, -0.2) is 38.8 Å². The van der Waals surface area contributed by atoms with Crippen LogP contribution in [0.15, 0.2) is 30.3 Å². The van der Waals surface area contributed by atoms with Crippen molar-refractivity contribution in [2.75, 3.05) is 6.61 Å². The highest BCUT2D eigenvalue weighted by molar-refractivity contribution is 7.87. The van der Waals surface area contributed by atoms with Crippen LogP contribution in [0.3, 0.4) is 0 Å². The number of rotatable bonds is 5. The van der Waals surface area contributed by atoms with Crippen molar-refractivity contribution in [3.63, 3.8) is 0 Å². The molecule has 0 unspecified atom stereocenters. The van der Waals surface area contributed by atoms with Crippen LogP contribution in [0.1, 0.15) is 19.4 Å². The van der Waals surface area contributed by atoms with Gasteiger partial charge in [-0.3, -0.25) is 4.18 Å². The van der Waals surface area contributed by atoms with Crippen LogP contribution in [0, 0.1) is 5.92 Å². The fraction of sp³-hybridized carbons (Fsp3) is 0.600. The van der Waals surface area contributed by atoms with E-state index in [1.807, 2.05) is 6.07 Å². The molecular weight excluding hydrogens is 349 g/mol. The Labute approximate surface area is 138 Å². The summed E-state index contributed by atoms with van der Waals surface area (Å²) in [6.07, 6.45) is -2.49. The molecule has 9 heteroatoms. The van der Waals surface area contributed by atoms with E-state index in [2.05, 4.69) is 4.18 Å². The minimum absolute atomic E-state index is 0.133. The highest BCUT2D eigenvalue weighted by Gasteiger charge is 2.51. The Morgan fingerprint density at radius 3 is 2.42 bits per heavy atom. The van der Waals surface area contributed by atoms with Crippen LogP contribution in [0.5, 0.6) is 0 Å². The van der Waals surface area contributed by atoms with E-state index < -0.39 is 27.8 Å². The first-order chi connectivity index (χ1) is 11.1. The highest BCUT2D eigenvalue weighted by atomic mass is 32.2. The molecule has 24 heavy (non-hydrogen) atoms. The second-order valence-electron chi connectivity index (χ2n) is 5.69. The third-order valence-electron chi connectivity index (χ3n) is 3.97. The van der Waals surface area contributed by atoms with E-state index in [4.69, 9.17) is 9.47 Å². The normalized spacial score (nSPS) is 28.7. The molecule has 1 heterocycles. The Hall–Kier alpha value is -1.16. The van der Waals surface area contributed by atoms with Crippen molar-refractivity contribution < 1.29 is 35.2 Å². The van der Waals surface area contributed by atoms with Gasteiger partial charge in [0, 0.05) is 5.92 Å². The summed E-state index contributed by atoms with van der Waals surface area (Å²) >= 11 is 0. The third kappa shape index (κ3) is 4.47. The molecule has 0 spiro atoms. The highest BCUT2D eigenvalue weighted by Crippen LogP contribution is 2.32. The van der Waals surface area contributed by atoms with Crippen LogP contribution < -0.4 is 0 Å². The predicted molar refractivity (Wildman–Crippen MR) is 79.4 cm³/mol. The lowest BCUT2D eigenvalue weighted by atomic mass is 9.92. The van der Waals surface area contributed by atoms with Crippen LogP contribution in [0.25, 0.3) is 0 Å². The molecular formula is C15H19F3O5S. The van der Waals surface area contributed by atoms with Gasteiger partial charge in [-0.1, -0.05) is 37.3 Å². The van der Waals surface area contributed by atoms with Gasteiger partial charge >= 0.3 is 15.6 Å². The van der Waals surface area contributed by atoms with E-state index in [0.717, 1.165) is 5.56 Å². The van der Waals surface area contributed by atoms with Gasteiger partial charge in [0.15, 0.2) is 0 Å². The van der Waals surface area contributed by atoms with Crippen molar-refractivity contribution in [1.29, 1.82) is 0 Å². The number of hydrogen-bond donors (Lipinski definition) is 0. The Morgan fingerprint density at radius 1 is 1.21 bits per heavy atom. The fourth-order valence-corrected chi connectivity index (χ4v) is 3.02. The largest absolute Gasteiger partial charge is 0.523 e. The first-order valence-corrected chi connectivity index (χ1v) is 8.79. The third-order valence-corrected chi connectivity index (χ3v) is 5.03. The zero-order chi connectivity index (χ0) is 18.0. The van der Waals surface area contributed by atoms with Crippen LogP contribution >= 0.6 is 0 Å². The lowest BCUT2D eigenvalue weighted by molar-refractivity contribution is -0.168. The zero-order valence-corrected chi connectivity index (χ0v) is 14.0. The average molecular weight is 368 g/mol. The molecule has 0 amide bonds. The first kappa shape index (κ1) is 19.2. The Kier molecular flexibility index (Phi) is 5.90. The molecule has 0 radical (unpaired) electrons. The van der Waals surface area contributed by atoms with E-state index >= 15 is 0 Å². The number of hydrogen-bond acceptors (Lipinski definition) is 5. The standard InChI is InChI=1S/C15H19F3O5S/c1-10-11(2)21-9-13(23-24(19,20)15(16,17)18)14(10)22-8-12-6-4-3-5-7-12/h3-7,10-11,13-14H,8-9H2,1-2H3/t10-,11+,13-,14+/m1/s1. The summed E-state index contributed by atoms with van der Waals surface area (Å²) in [6, 6.07) is 9.03. The number of benzene rings is 1. The molecule has 2 rings (SSSR count). The molecule has 136 valence electrons. The van der Waals surface area contributed by atoms with Gasteiger partial charge in [0.1, 0.15) is 6.10 Å². The maximum atomic E-state index is 12.5. The van der Waals surface area contributed by atoms with E-state index in [1.54, 1.807) is 38.1 Å². The minimum Gasteiger partial charge on any atom is -0.375 e. The van der Waals surface area contributed by atoms with Gasteiger partial charge in [-0.2, -0.15) is 21.6 Å². The summed E-state index contributed by atoms with van der Waals surface area (Å²) in [5, 5.41) is 0. The first-order valence-electron chi connectivity index (χ1n) is 7.38. The lowest BCUT2D eigenvalue weighted by Gasteiger charge is -2.39. The summed E-state index contributed by atoms with van der Waals surface area (Å²) in [7, 11) is -5.71. The summed E-state index contributed by atoms with van der Waals surface area (Å²) in [5.74, 6) is -0.337. The van der Waals surface area contributed by atoms with E-state index in [0.29, 0.717) is 0 Å². The Balaban J connectivity index is 2.12. The second kappa shape index (κ2) is 7.38. The van der Waals surface area contributed by atoms with Crippen molar-refractivity contribution >= 4 is 10.1 Å². The van der Waals surface area contributed by atoms with Crippen molar-refractivity contribution in [2.45, 2.75) is 44.3 Å². The number of ether oxygens (including phenoxy) is 2. The van der Waals surface area contributed by atoms with Crippen LogP contribution in [0.2, 0.25) is 0 Å². The minimum atomic E-state index is -5.71. The van der Waals surface area contributed by atoms with Gasteiger partial charge in [0.2, 0.25) is 0 Å². The van der Waals surface area contributed by atoms with E-state index in [9.17, 15) is 21.6 Å². The maximum absolute atomic E-state index is 12.5. The molecule has 4 atom stereocenters. The number of halogens is 3. The molecule has 1 aromatic carbocycles. The second-order valence-corrected chi connectivity index (χ2v) is 7.26. The fourth-order valence-electron chi connectivity index (χ4n) is 2.42. The Morgan fingerprint density at radius 2 is 1.83 bits per heavy atom. The molecule has 1 aliphatic rings. The van der Waals surface area contributed by atoms with E-state index in [-0.39, 0.29) is 25.2 Å². The lowest BCUT2D eigenvalue weighted by Crippen LogP contribution is -2.51. The zero-order valence-electron chi connectivity index (χ0n) is 13.2. The van der Waals surface area contributed by atoms with Crippen molar-refractivity contribution in [2.24, 2.45) is 5.92 Å². The molecule has 0 aliphatic carbocycles. The molecule has 0 saturated carbocycles. The molecule has 1 fully saturated rings. The van der Waals surface area contributed by atoms with Crippen molar-refractivity contribution in [1.82, 2.24) is 0 Å². The molecule has 0 aromatic heterocycles. The monoisotopic (exact) mass is 368 g/mol. The van der Waals surface area contributed by atoms with E-state index in [1.165, 1.54) is 0 Å². The van der Waals surface area contributed by atoms with Crippen LogP contribution in [-0.2, 0) is 30.4 Å². The average Bonchev–Trinajstić information content (AvgIpc) is 2.50. The van der Waals surface area contributed by atoms with Crippen molar-refractivity contribution in [3.8, 4) is 0 Å². The maximum Gasteiger partial charge on any atom is 0.523 e. The summed E-state index contributed by atoms with van der Waals surface area (Å²) < 4.78 is 75.5. The van der Waals surface area contributed by atoms with Gasteiger partial charge in [0.05, 0.1) is 25.4 Å². The molecule has 1 saturated heterocycles. The quantitative estimate of drug-likeness (QED) is 0.591.